The summed E-state index contributed by atoms with van der Waals surface area (Å²) in [6.45, 7) is 2.60. The largest absolute Gasteiger partial charge is 0.454 e. The molecule has 19 heavy (non-hydrogen) atoms. The predicted molar refractivity (Wildman–Crippen MR) is 75.1 cm³/mol. The standard InChI is InChI=1S/C16H18FNO/c1-2-12-3-6-14(7-4-12)19-16-8-5-13(9-10-18)11-15(16)17/h3-8,11H,2,9-10,18H2,1H3. The number of nitrogens with two attached hydrogens (primary N) is 1. The summed E-state index contributed by atoms with van der Waals surface area (Å²) in [7, 11) is 0. The third-order valence-corrected chi connectivity index (χ3v) is 2.99. The van der Waals surface area contributed by atoms with E-state index in [2.05, 4.69) is 6.92 Å². The van der Waals surface area contributed by atoms with E-state index < -0.39 is 0 Å². The molecule has 2 rings (SSSR count). The zero-order valence-corrected chi connectivity index (χ0v) is 11.0. The van der Waals surface area contributed by atoms with Gasteiger partial charge in [0, 0.05) is 0 Å². The van der Waals surface area contributed by atoms with Gasteiger partial charge in [-0.15, -0.1) is 0 Å². The van der Waals surface area contributed by atoms with Crippen LogP contribution in [0.5, 0.6) is 11.5 Å². The molecule has 0 spiro atoms. The number of benzene rings is 2. The summed E-state index contributed by atoms with van der Waals surface area (Å²) in [6.07, 6.45) is 1.64. The predicted octanol–water partition coefficient (Wildman–Crippen LogP) is 3.68. The van der Waals surface area contributed by atoms with Crippen molar-refractivity contribution in [2.75, 3.05) is 6.54 Å². The first-order valence-electron chi connectivity index (χ1n) is 6.48. The molecule has 0 aliphatic rings. The van der Waals surface area contributed by atoms with Gasteiger partial charge in [0.05, 0.1) is 0 Å². The van der Waals surface area contributed by atoms with Gasteiger partial charge in [0.1, 0.15) is 5.75 Å². The maximum Gasteiger partial charge on any atom is 0.165 e. The van der Waals surface area contributed by atoms with Gasteiger partial charge in [-0.25, -0.2) is 4.39 Å². The zero-order chi connectivity index (χ0) is 13.7. The first kappa shape index (κ1) is 13.6. The van der Waals surface area contributed by atoms with Gasteiger partial charge in [-0.2, -0.15) is 0 Å². The fourth-order valence-corrected chi connectivity index (χ4v) is 1.87. The lowest BCUT2D eigenvalue weighted by atomic mass is 10.1. The van der Waals surface area contributed by atoms with Crippen molar-refractivity contribution in [1.82, 2.24) is 0 Å². The second-order valence-electron chi connectivity index (χ2n) is 4.40. The number of rotatable bonds is 5. The molecule has 100 valence electrons. The fraction of sp³-hybridized carbons (Fsp3) is 0.250. The summed E-state index contributed by atoms with van der Waals surface area (Å²) in [5, 5.41) is 0. The molecule has 0 radical (unpaired) electrons. The lowest BCUT2D eigenvalue weighted by molar-refractivity contribution is 0.441. The van der Waals surface area contributed by atoms with Gasteiger partial charge >= 0.3 is 0 Å². The summed E-state index contributed by atoms with van der Waals surface area (Å²) in [5.74, 6) is 0.526. The zero-order valence-electron chi connectivity index (χ0n) is 11.0. The van der Waals surface area contributed by atoms with Crippen molar-refractivity contribution >= 4 is 0 Å². The minimum Gasteiger partial charge on any atom is -0.454 e. The van der Waals surface area contributed by atoms with Crippen molar-refractivity contribution in [3.63, 3.8) is 0 Å². The van der Waals surface area contributed by atoms with E-state index in [0.717, 1.165) is 12.0 Å². The van der Waals surface area contributed by atoms with Crippen molar-refractivity contribution in [2.24, 2.45) is 5.73 Å². The first-order valence-corrected chi connectivity index (χ1v) is 6.48. The highest BCUT2D eigenvalue weighted by Crippen LogP contribution is 2.25. The molecule has 2 aromatic rings. The Bertz CT molecular complexity index is 537. The molecule has 0 fully saturated rings. The maximum atomic E-state index is 13.8. The summed E-state index contributed by atoms with van der Waals surface area (Å²) in [4.78, 5) is 0. The average Bonchev–Trinajstić information content (AvgIpc) is 2.43. The van der Waals surface area contributed by atoms with Crippen molar-refractivity contribution in [2.45, 2.75) is 19.8 Å². The highest BCUT2D eigenvalue weighted by molar-refractivity contribution is 5.35. The smallest absolute Gasteiger partial charge is 0.165 e. The second kappa shape index (κ2) is 6.34. The Morgan fingerprint density at radius 2 is 1.74 bits per heavy atom. The molecule has 2 N–H and O–H groups in total. The van der Waals surface area contributed by atoms with Crippen LogP contribution in [0.3, 0.4) is 0 Å². The molecule has 0 amide bonds. The van der Waals surface area contributed by atoms with Crippen LogP contribution in [0.2, 0.25) is 0 Å². The maximum absolute atomic E-state index is 13.8. The van der Waals surface area contributed by atoms with Gasteiger partial charge in [-0.3, -0.25) is 0 Å². The lowest BCUT2D eigenvalue weighted by Gasteiger charge is -2.08. The van der Waals surface area contributed by atoms with Crippen molar-refractivity contribution in [1.29, 1.82) is 0 Å². The molecule has 0 atom stereocenters. The molecule has 2 aromatic carbocycles. The van der Waals surface area contributed by atoms with Crippen LogP contribution < -0.4 is 10.5 Å². The Balaban J connectivity index is 2.13. The average molecular weight is 259 g/mol. The minimum absolute atomic E-state index is 0.241. The highest BCUT2D eigenvalue weighted by atomic mass is 19.1. The molecule has 0 aliphatic carbocycles. The van der Waals surface area contributed by atoms with E-state index in [-0.39, 0.29) is 11.6 Å². The molecular formula is C16H18FNO. The molecule has 0 saturated heterocycles. The van der Waals surface area contributed by atoms with Gasteiger partial charge in [0.15, 0.2) is 11.6 Å². The van der Waals surface area contributed by atoms with Crippen LogP contribution in [0.1, 0.15) is 18.1 Å². The summed E-state index contributed by atoms with van der Waals surface area (Å²) in [5.41, 5.74) is 7.56. The molecule has 0 unspecified atom stereocenters. The van der Waals surface area contributed by atoms with Crippen LogP contribution in [0.4, 0.5) is 4.39 Å². The van der Waals surface area contributed by atoms with E-state index in [1.165, 1.54) is 11.6 Å². The molecule has 0 heterocycles. The normalized spacial score (nSPS) is 10.5. The molecule has 0 bridgehead atoms. The third-order valence-electron chi connectivity index (χ3n) is 2.99. The second-order valence-corrected chi connectivity index (χ2v) is 4.40. The van der Waals surface area contributed by atoms with E-state index in [1.54, 1.807) is 6.07 Å². The Morgan fingerprint density at radius 3 is 2.32 bits per heavy atom. The fourth-order valence-electron chi connectivity index (χ4n) is 1.87. The quantitative estimate of drug-likeness (QED) is 0.889. The Labute approximate surface area is 113 Å². The summed E-state index contributed by atoms with van der Waals surface area (Å²) < 4.78 is 19.4. The SMILES string of the molecule is CCc1ccc(Oc2ccc(CCN)cc2F)cc1. The van der Waals surface area contributed by atoms with Crippen molar-refractivity contribution in [3.8, 4) is 11.5 Å². The highest BCUT2D eigenvalue weighted by Gasteiger charge is 2.06. The van der Waals surface area contributed by atoms with Crippen LogP contribution in [0.25, 0.3) is 0 Å². The first-order chi connectivity index (χ1) is 9.22. The topological polar surface area (TPSA) is 35.2 Å². The van der Waals surface area contributed by atoms with Gasteiger partial charge in [0.25, 0.3) is 0 Å². The van der Waals surface area contributed by atoms with Crippen LogP contribution in [0, 0.1) is 5.82 Å². The number of ether oxygens (including phenoxy) is 1. The van der Waals surface area contributed by atoms with Crippen LogP contribution in [0.15, 0.2) is 42.5 Å². The molecule has 0 aromatic heterocycles. The molecule has 3 heteroatoms. The van der Waals surface area contributed by atoms with Gasteiger partial charge in [-0.1, -0.05) is 25.1 Å². The Kier molecular flexibility index (Phi) is 4.53. The van der Waals surface area contributed by atoms with Gasteiger partial charge in [0.2, 0.25) is 0 Å². The van der Waals surface area contributed by atoms with E-state index >= 15 is 0 Å². The summed E-state index contributed by atoms with van der Waals surface area (Å²) >= 11 is 0. The van der Waals surface area contributed by atoms with Crippen molar-refractivity contribution < 1.29 is 9.13 Å². The molecule has 0 saturated carbocycles. The van der Waals surface area contributed by atoms with E-state index in [9.17, 15) is 4.39 Å². The van der Waals surface area contributed by atoms with Gasteiger partial charge < -0.3 is 10.5 Å². The molecular weight excluding hydrogens is 241 g/mol. The van der Waals surface area contributed by atoms with E-state index in [4.69, 9.17) is 10.5 Å². The molecule has 0 aliphatic heterocycles. The minimum atomic E-state index is -0.356. The van der Waals surface area contributed by atoms with Crippen molar-refractivity contribution in [3.05, 3.63) is 59.4 Å². The van der Waals surface area contributed by atoms with Crippen LogP contribution in [-0.2, 0) is 12.8 Å². The summed E-state index contributed by atoms with van der Waals surface area (Å²) in [6, 6.07) is 12.6. The number of halogens is 1. The van der Waals surface area contributed by atoms with Crippen LogP contribution >= 0.6 is 0 Å². The van der Waals surface area contributed by atoms with Crippen LogP contribution in [-0.4, -0.2) is 6.54 Å². The number of hydrogen-bond donors (Lipinski definition) is 1. The monoisotopic (exact) mass is 259 g/mol. The lowest BCUT2D eigenvalue weighted by Crippen LogP contribution is -2.03. The van der Waals surface area contributed by atoms with Gasteiger partial charge in [-0.05, 0) is 54.8 Å². The number of hydrogen-bond acceptors (Lipinski definition) is 2. The number of aryl methyl sites for hydroxylation is 1. The Morgan fingerprint density at radius 1 is 1.05 bits per heavy atom. The molecule has 2 nitrogen and oxygen atoms in total. The Hall–Kier alpha value is -1.87. The third kappa shape index (κ3) is 3.55. The van der Waals surface area contributed by atoms with E-state index in [0.29, 0.717) is 18.7 Å². The van der Waals surface area contributed by atoms with E-state index in [1.807, 2.05) is 30.3 Å².